The van der Waals surface area contributed by atoms with Gasteiger partial charge in [0.15, 0.2) is 0 Å². The van der Waals surface area contributed by atoms with Gasteiger partial charge in [-0.3, -0.25) is 0 Å². The number of unbranched alkanes of at least 4 members (excludes halogenated alkanes) is 1. The summed E-state index contributed by atoms with van der Waals surface area (Å²) in [5, 5.41) is 14.8. The number of rotatable bonds is 11. The second-order valence-electron chi connectivity index (χ2n) is 8.82. The van der Waals surface area contributed by atoms with Gasteiger partial charge in [-0.05, 0) is 47.7 Å². The predicted octanol–water partition coefficient (Wildman–Crippen LogP) is 6.94. The molecule has 38 heavy (non-hydrogen) atoms. The molecule has 0 N–H and O–H groups in total. The topological polar surface area (TPSA) is 63.7 Å². The fourth-order valence-electron chi connectivity index (χ4n) is 4.62. The fourth-order valence-corrected chi connectivity index (χ4v) is 5.42. The SMILES string of the molecule is N#Cc1cccc(OCCCCSc2ncn(C(c3ccccc3)(c3ccccc3)c3ccccc3)n2)c1. The Balaban J connectivity index is 1.33. The summed E-state index contributed by atoms with van der Waals surface area (Å²) in [6.45, 7) is 0.608. The van der Waals surface area contributed by atoms with Crippen LogP contribution in [0.25, 0.3) is 0 Å². The van der Waals surface area contributed by atoms with E-state index in [1.165, 1.54) is 0 Å². The summed E-state index contributed by atoms with van der Waals surface area (Å²) in [6, 6.07) is 40.9. The van der Waals surface area contributed by atoms with Crippen LogP contribution in [0.1, 0.15) is 35.1 Å². The molecule has 1 aromatic heterocycles. The van der Waals surface area contributed by atoms with Gasteiger partial charge in [0.2, 0.25) is 5.16 Å². The first-order valence-electron chi connectivity index (χ1n) is 12.6. The van der Waals surface area contributed by atoms with E-state index in [0.29, 0.717) is 12.2 Å². The number of nitriles is 1. The van der Waals surface area contributed by atoms with Crippen LogP contribution in [0.2, 0.25) is 0 Å². The van der Waals surface area contributed by atoms with Crippen molar-refractivity contribution >= 4 is 11.8 Å². The van der Waals surface area contributed by atoms with Gasteiger partial charge in [0, 0.05) is 5.75 Å². The van der Waals surface area contributed by atoms with Crippen LogP contribution in [0.4, 0.5) is 0 Å². The Morgan fingerprint density at radius 1 is 0.763 bits per heavy atom. The molecule has 0 unspecified atom stereocenters. The van der Waals surface area contributed by atoms with Gasteiger partial charge in [0.1, 0.15) is 17.6 Å². The molecule has 0 saturated heterocycles. The van der Waals surface area contributed by atoms with Crippen molar-refractivity contribution < 1.29 is 4.74 Å². The van der Waals surface area contributed by atoms with Crippen LogP contribution < -0.4 is 4.74 Å². The number of benzene rings is 4. The molecule has 0 aliphatic carbocycles. The van der Waals surface area contributed by atoms with E-state index in [2.05, 4.69) is 78.9 Å². The van der Waals surface area contributed by atoms with Crippen LogP contribution in [0.3, 0.4) is 0 Å². The zero-order valence-electron chi connectivity index (χ0n) is 21.0. The van der Waals surface area contributed by atoms with E-state index >= 15 is 0 Å². The Hall–Kier alpha value is -4.34. The fraction of sp³-hybridized carbons (Fsp3) is 0.156. The lowest BCUT2D eigenvalue weighted by molar-refractivity contribution is 0.310. The minimum absolute atomic E-state index is 0.608. The van der Waals surface area contributed by atoms with E-state index in [0.717, 1.165) is 46.2 Å². The summed E-state index contributed by atoms with van der Waals surface area (Å²) in [4.78, 5) is 4.70. The maximum absolute atomic E-state index is 9.04. The molecule has 0 saturated carbocycles. The molecule has 5 aromatic rings. The van der Waals surface area contributed by atoms with Crippen molar-refractivity contribution in [2.75, 3.05) is 12.4 Å². The molecular formula is C32H28N4OS. The summed E-state index contributed by atoms with van der Waals surface area (Å²) >= 11 is 1.65. The van der Waals surface area contributed by atoms with Crippen LogP contribution in [-0.4, -0.2) is 27.1 Å². The van der Waals surface area contributed by atoms with Crippen LogP contribution in [0.15, 0.2) is 127 Å². The molecule has 4 aromatic carbocycles. The molecule has 0 fully saturated rings. The Morgan fingerprint density at radius 3 is 1.95 bits per heavy atom. The van der Waals surface area contributed by atoms with Gasteiger partial charge in [0.05, 0.1) is 18.2 Å². The molecule has 5 nitrogen and oxygen atoms in total. The van der Waals surface area contributed by atoms with Crippen molar-refractivity contribution in [3.63, 3.8) is 0 Å². The molecule has 0 atom stereocenters. The second-order valence-corrected chi connectivity index (χ2v) is 9.89. The molecule has 0 spiro atoms. The molecule has 188 valence electrons. The first kappa shape index (κ1) is 25.3. The van der Waals surface area contributed by atoms with Gasteiger partial charge in [-0.1, -0.05) is 109 Å². The van der Waals surface area contributed by atoms with Crippen molar-refractivity contribution in [2.45, 2.75) is 23.5 Å². The first-order valence-corrected chi connectivity index (χ1v) is 13.6. The molecule has 5 rings (SSSR count). The quantitative estimate of drug-likeness (QED) is 0.108. The Morgan fingerprint density at radius 2 is 1.37 bits per heavy atom. The minimum atomic E-state index is -0.651. The molecule has 0 aliphatic heterocycles. The largest absolute Gasteiger partial charge is 0.494 e. The van der Waals surface area contributed by atoms with Gasteiger partial charge >= 0.3 is 0 Å². The number of ether oxygens (including phenoxy) is 1. The van der Waals surface area contributed by atoms with E-state index in [1.54, 1.807) is 23.9 Å². The average molecular weight is 517 g/mol. The highest BCUT2D eigenvalue weighted by Gasteiger charge is 2.39. The number of hydrogen-bond donors (Lipinski definition) is 0. The monoisotopic (exact) mass is 516 g/mol. The molecule has 0 radical (unpaired) electrons. The van der Waals surface area contributed by atoms with Crippen LogP contribution in [-0.2, 0) is 5.54 Å². The smallest absolute Gasteiger partial charge is 0.208 e. The lowest BCUT2D eigenvalue weighted by Gasteiger charge is -2.35. The number of hydrogen-bond acceptors (Lipinski definition) is 5. The molecule has 0 aliphatic rings. The van der Waals surface area contributed by atoms with E-state index in [9.17, 15) is 0 Å². The lowest BCUT2D eigenvalue weighted by atomic mass is 9.77. The normalized spacial score (nSPS) is 11.1. The highest BCUT2D eigenvalue weighted by Crippen LogP contribution is 2.40. The molecule has 6 heteroatoms. The standard InChI is InChI=1S/C32H28N4OS/c33-24-26-13-12-20-30(23-26)37-21-10-11-22-38-31-34-25-36(35-31)32(27-14-4-1-5-15-27,28-16-6-2-7-17-28)29-18-8-3-9-19-29/h1-9,12-20,23,25H,10-11,21-22H2. The van der Waals surface area contributed by atoms with E-state index in [-0.39, 0.29) is 0 Å². The maximum Gasteiger partial charge on any atom is 0.208 e. The zero-order valence-corrected chi connectivity index (χ0v) is 21.8. The number of thioether (sulfide) groups is 1. The Bertz CT molecular complexity index is 1380. The average Bonchev–Trinajstić information content (AvgIpc) is 3.46. The van der Waals surface area contributed by atoms with Crippen molar-refractivity contribution in [3.8, 4) is 11.8 Å². The summed E-state index contributed by atoms with van der Waals surface area (Å²) in [7, 11) is 0. The first-order chi connectivity index (χ1) is 18.8. The van der Waals surface area contributed by atoms with Gasteiger partial charge in [-0.25, -0.2) is 9.67 Å². The third kappa shape index (κ3) is 5.49. The van der Waals surface area contributed by atoms with Crippen molar-refractivity contribution in [1.82, 2.24) is 14.8 Å². The summed E-state index contributed by atoms with van der Waals surface area (Å²) in [5.41, 5.74) is 3.32. The third-order valence-electron chi connectivity index (χ3n) is 6.39. The molecule has 0 bridgehead atoms. The highest BCUT2D eigenvalue weighted by molar-refractivity contribution is 7.99. The minimum Gasteiger partial charge on any atom is -0.494 e. The summed E-state index contributed by atoms with van der Waals surface area (Å²) in [5.74, 6) is 1.62. The van der Waals surface area contributed by atoms with Gasteiger partial charge in [-0.2, -0.15) is 5.26 Å². The number of aromatic nitrogens is 3. The number of nitrogens with zero attached hydrogens (tertiary/aromatic N) is 4. The van der Waals surface area contributed by atoms with Gasteiger partial charge in [0.25, 0.3) is 0 Å². The van der Waals surface area contributed by atoms with Crippen molar-refractivity contribution in [3.05, 3.63) is 144 Å². The molecule has 0 amide bonds. The van der Waals surface area contributed by atoms with Gasteiger partial charge in [-0.15, -0.1) is 5.10 Å². The van der Waals surface area contributed by atoms with Crippen molar-refractivity contribution in [1.29, 1.82) is 5.26 Å². The van der Waals surface area contributed by atoms with Crippen LogP contribution >= 0.6 is 11.8 Å². The van der Waals surface area contributed by atoms with E-state index in [1.807, 2.05) is 41.3 Å². The lowest BCUT2D eigenvalue weighted by Crippen LogP contribution is -2.38. The van der Waals surface area contributed by atoms with E-state index in [4.69, 9.17) is 20.1 Å². The second kappa shape index (κ2) is 12.3. The third-order valence-corrected chi connectivity index (χ3v) is 7.33. The Labute approximate surface area is 227 Å². The highest BCUT2D eigenvalue weighted by atomic mass is 32.2. The zero-order chi connectivity index (χ0) is 26.0. The maximum atomic E-state index is 9.04. The van der Waals surface area contributed by atoms with E-state index < -0.39 is 5.54 Å². The van der Waals surface area contributed by atoms with Crippen molar-refractivity contribution in [2.24, 2.45) is 0 Å². The van der Waals surface area contributed by atoms with Crippen LogP contribution in [0.5, 0.6) is 5.75 Å². The summed E-state index contributed by atoms with van der Waals surface area (Å²) in [6.07, 6.45) is 3.73. The van der Waals surface area contributed by atoms with Gasteiger partial charge < -0.3 is 4.74 Å². The molecular weight excluding hydrogens is 488 g/mol. The van der Waals surface area contributed by atoms with Crippen LogP contribution in [0, 0.1) is 11.3 Å². The molecule has 1 heterocycles. The summed E-state index contributed by atoms with van der Waals surface area (Å²) < 4.78 is 7.80. The Kier molecular flexibility index (Phi) is 8.17. The predicted molar refractivity (Wildman–Crippen MR) is 151 cm³/mol.